The third-order valence-electron chi connectivity index (χ3n) is 5.24. The summed E-state index contributed by atoms with van der Waals surface area (Å²) in [5.74, 6) is -0.0861. The van der Waals surface area contributed by atoms with Crippen LogP contribution in [0.1, 0.15) is 19.3 Å². The van der Waals surface area contributed by atoms with Crippen LogP contribution in [0.5, 0.6) is 0 Å². The molecule has 1 unspecified atom stereocenters. The summed E-state index contributed by atoms with van der Waals surface area (Å²) in [6, 6.07) is 7.70. The van der Waals surface area contributed by atoms with Gasteiger partial charge in [-0.2, -0.15) is 0 Å². The van der Waals surface area contributed by atoms with Crippen LogP contribution in [0.25, 0.3) is 0 Å². The van der Waals surface area contributed by atoms with Crippen molar-refractivity contribution in [3.05, 3.63) is 24.3 Å². The molecule has 1 aromatic rings. The third kappa shape index (κ3) is 4.15. The molecule has 0 radical (unpaired) electrons. The molecule has 2 saturated heterocycles. The number of anilines is 1. The summed E-state index contributed by atoms with van der Waals surface area (Å²) >= 11 is 1.67. The van der Waals surface area contributed by atoms with Gasteiger partial charge >= 0.3 is 12.0 Å². The number of carbonyl (C=O) groups is 2. The number of likely N-dealkylation sites (tertiary alicyclic amines) is 1. The Morgan fingerprint density at radius 1 is 1.31 bits per heavy atom. The molecule has 0 bridgehead atoms. The molecule has 1 aromatic carbocycles. The molecule has 0 saturated carbocycles. The highest BCUT2D eigenvalue weighted by Crippen LogP contribution is 2.43. The van der Waals surface area contributed by atoms with Crippen molar-refractivity contribution in [2.75, 3.05) is 45.3 Å². The maximum atomic E-state index is 12.5. The van der Waals surface area contributed by atoms with E-state index in [4.69, 9.17) is 4.74 Å². The molecular formula is C19H27N3O3S. The first-order valence-corrected chi connectivity index (χ1v) is 10.2. The Balaban J connectivity index is 1.54. The van der Waals surface area contributed by atoms with E-state index in [9.17, 15) is 9.59 Å². The number of thioether (sulfide) groups is 1. The summed E-state index contributed by atoms with van der Waals surface area (Å²) in [6.07, 6.45) is 4.10. The van der Waals surface area contributed by atoms with Crippen molar-refractivity contribution in [2.45, 2.75) is 30.3 Å². The number of carbonyl (C=O) groups excluding carboxylic acids is 2. The summed E-state index contributed by atoms with van der Waals surface area (Å²) in [4.78, 5) is 29.9. The number of esters is 1. The van der Waals surface area contributed by atoms with E-state index in [1.54, 1.807) is 16.7 Å². The van der Waals surface area contributed by atoms with Crippen LogP contribution in [0, 0.1) is 5.41 Å². The van der Waals surface area contributed by atoms with Crippen molar-refractivity contribution in [2.24, 2.45) is 5.41 Å². The van der Waals surface area contributed by atoms with Gasteiger partial charge in [0.1, 0.15) is 6.10 Å². The van der Waals surface area contributed by atoms with Crippen LogP contribution in [0.4, 0.5) is 10.5 Å². The summed E-state index contributed by atoms with van der Waals surface area (Å²) in [6.45, 7) is 1.92. The number of rotatable bonds is 4. The third-order valence-corrected chi connectivity index (χ3v) is 5.99. The summed E-state index contributed by atoms with van der Waals surface area (Å²) < 4.78 is 5.58. The molecule has 2 fully saturated rings. The van der Waals surface area contributed by atoms with Crippen LogP contribution < -0.4 is 5.32 Å². The Hall–Kier alpha value is -1.73. The van der Waals surface area contributed by atoms with Gasteiger partial charge in [-0.1, -0.05) is 0 Å². The van der Waals surface area contributed by atoms with Crippen molar-refractivity contribution in [1.82, 2.24) is 9.80 Å². The van der Waals surface area contributed by atoms with E-state index in [0.717, 1.165) is 23.5 Å². The van der Waals surface area contributed by atoms with E-state index in [0.29, 0.717) is 25.9 Å². The molecule has 2 amide bonds. The molecule has 2 aliphatic rings. The van der Waals surface area contributed by atoms with Gasteiger partial charge in [-0.25, -0.2) is 4.79 Å². The molecule has 3 rings (SSSR count). The van der Waals surface area contributed by atoms with Gasteiger partial charge in [0.05, 0.1) is 5.41 Å². The van der Waals surface area contributed by atoms with Gasteiger partial charge in [-0.15, -0.1) is 11.8 Å². The number of benzene rings is 1. The van der Waals surface area contributed by atoms with Gasteiger partial charge < -0.3 is 19.9 Å². The number of amides is 2. The molecule has 0 aliphatic carbocycles. The Labute approximate surface area is 159 Å². The first kappa shape index (κ1) is 19.0. The highest BCUT2D eigenvalue weighted by Gasteiger charge is 2.50. The normalized spacial score (nSPS) is 21.9. The lowest BCUT2D eigenvalue weighted by Crippen LogP contribution is -2.46. The highest BCUT2D eigenvalue weighted by atomic mass is 32.2. The van der Waals surface area contributed by atoms with Gasteiger partial charge in [0.25, 0.3) is 0 Å². The summed E-state index contributed by atoms with van der Waals surface area (Å²) in [5.41, 5.74) is 0.386. The second-order valence-corrected chi connectivity index (χ2v) is 8.30. The molecule has 2 heterocycles. The van der Waals surface area contributed by atoms with E-state index in [1.807, 2.05) is 49.5 Å². The number of hydrogen-bond acceptors (Lipinski definition) is 5. The fourth-order valence-electron chi connectivity index (χ4n) is 3.77. The molecule has 0 aromatic heterocycles. The molecule has 1 atom stereocenters. The number of urea groups is 1. The standard InChI is InChI=1S/C19H27N3O3S/c1-21(2)13-15-12-19(17(23)25-15)8-10-22(11-9-19)18(24)20-14-4-6-16(26-3)7-5-14/h4-7,15H,8-13H2,1-3H3,(H,20,24). The molecule has 1 spiro atoms. The van der Waals surface area contributed by atoms with Crippen molar-refractivity contribution in [3.63, 3.8) is 0 Å². The largest absolute Gasteiger partial charge is 0.461 e. The fraction of sp³-hybridized carbons (Fsp3) is 0.579. The van der Waals surface area contributed by atoms with E-state index >= 15 is 0 Å². The van der Waals surface area contributed by atoms with E-state index in [1.165, 1.54) is 0 Å². The number of cyclic esters (lactones) is 1. The van der Waals surface area contributed by atoms with Gasteiger partial charge in [0.15, 0.2) is 0 Å². The lowest BCUT2D eigenvalue weighted by Gasteiger charge is -2.36. The molecule has 142 valence electrons. The number of hydrogen-bond donors (Lipinski definition) is 1. The Bertz CT molecular complexity index is 654. The van der Waals surface area contributed by atoms with Crippen LogP contribution in [0.3, 0.4) is 0 Å². The molecule has 26 heavy (non-hydrogen) atoms. The van der Waals surface area contributed by atoms with Crippen LogP contribution in [-0.2, 0) is 9.53 Å². The lowest BCUT2D eigenvalue weighted by molar-refractivity contribution is -0.150. The molecule has 6 nitrogen and oxygen atoms in total. The van der Waals surface area contributed by atoms with Crippen LogP contribution in [0.2, 0.25) is 0 Å². The van der Waals surface area contributed by atoms with Crippen molar-refractivity contribution < 1.29 is 14.3 Å². The van der Waals surface area contributed by atoms with Crippen molar-refractivity contribution in [3.8, 4) is 0 Å². The monoisotopic (exact) mass is 377 g/mol. The predicted octanol–water partition coefficient (Wildman–Crippen LogP) is 2.90. The van der Waals surface area contributed by atoms with Crippen molar-refractivity contribution >= 4 is 29.4 Å². The first-order valence-electron chi connectivity index (χ1n) is 8.98. The maximum Gasteiger partial charge on any atom is 0.321 e. The number of nitrogens with zero attached hydrogens (tertiary/aromatic N) is 2. The Morgan fingerprint density at radius 2 is 1.96 bits per heavy atom. The summed E-state index contributed by atoms with van der Waals surface area (Å²) in [7, 11) is 3.97. The average molecular weight is 378 g/mol. The molecule has 1 N–H and O–H groups in total. The van der Waals surface area contributed by atoms with Crippen LogP contribution >= 0.6 is 11.8 Å². The van der Waals surface area contributed by atoms with Gasteiger partial charge in [0.2, 0.25) is 0 Å². The number of nitrogens with one attached hydrogen (secondary N) is 1. The van der Waals surface area contributed by atoms with E-state index in [2.05, 4.69) is 5.32 Å². The zero-order chi connectivity index (χ0) is 18.7. The SMILES string of the molecule is CSc1ccc(NC(=O)N2CCC3(CC2)CC(CN(C)C)OC3=O)cc1. The second kappa shape index (κ2) is 7.88. The minimum Gasteiger partial charge on any atom is -0.461 e. The van der Waals surface area contributed by atoms with Gasteiger partial charge in [-0.05, 0) is 57.5 Å². The Morgan fingerprint density at radius 3 is 2.54 bits per heavy atom. The second-order valence-electron chi connectivity index (χ2n) is 7.42. The number of likely N-dealkylation sites (N-methyl/N-ethyl adjacent to an activating group) is 1. The molecular weight excluding hydrogens is 350 g/mol. The summed E-state index contributed by atoms with van der Waals surface area (Å²) in [5, 5.41) is 2.94. The zero-order valence-corrected chi connectivity index (χ0v) is 16.5. The van der Waals surface area contributed by atoms with Gasteiger partial charge in [-0.3, -0.25) is 4.79 Å². The highest BCUT2D eigenvalue weighted by molar-refractivity contribution is 7.98. The van der Waals surface area contributed by atoms with E-state index in [-0.39, 0.29) is 18.1 Å². The van der Waals surface area contributed by atoms with Gasteiger partial charge in [0, 0.05) is 36.6 Å². The smallest absolute Gasteiger partial charge is 0.321 e. The topological polar surface area (TPSA) is 61.9 Å². The fourth-order valence-corrected chi connectivity index (χ4v) is 4.18. The number of piperidine rings is 1. The van der Waals surface area contributed by atoms with E-state index < -0.39 is 5.41 Å². The number of ether oxygens (including phenoxy) is 1. The zero-order valence-electron chi connectivity index (χ0n) is 15.7. The van der Waals surface area contributed by atoms with Crippen LogP contribution in [-0.4, -0.2) is 67.9 Å². The minimum atomic E-state index is -0.405. The maximum absolute atomic E-state index is 12.5. The Kier molecular flexibility index (Phi) is 5.77. The first-order chi connectivity index (χ1) is 12.4. The van der Waals surface area contributed by atoms with Crippen LogP contribution in [0.15, 0.2) is 29.2 Å². The van der Waals surface area contributed by atoms with Crippen molar-refractivity contribution in [1.29, 1.82) is 0 Å². The average Bonchev–Trinajstić information content (AvgIpc) is 2.90. The minimum absolute atomic E-state index is 0.0344. The predicted molar refractivity (Wildman–Crippen MR) is 104 cm³/mol. The molecule has 2 aliphatic heterocycles. The lowest BCUT2D eigenvalue weighted by atomic mass is 9.76. The quantitative estimate of drug-likeness (QED) is 0.646. The molecule has 7 heteroatoms.